The number of carbonyl (C=O) groups is 1. The highest BCUT2D eigenvalue weighted by Gasteiger charge is 2.57. The van der Waals surface area contributed by atoms with Gasteiger partial charge in [0.25, 0.3) is 0 Å². The number of carbonyl (C=O) groups excluding carboxylic acids is 1. The number of hydrogen-bond acceptors (Lipinski definition) is 4. The van der Waals surface area contributed by atoms with E-state index in [2.05, 4.69) is 17.3 Å². The molecular formula is C19H25N3O2. The minimum atomic E-state index is -0.537. The minimum absolute atomic E-state index is 0.0789. The van der Waals surface area contributed by atoms with Crippen LogP contribution in [0.5, 0.6) is 0 Å². The molecule has 128 valence electrons. The van der Waals surface area contributed by atoms with Crippen LogP contribution in [0.25, 0.3) is 0 Å². The Morgan fingerprint density at radius 3 is 2.50 bits per heavy atom. The molecule has 0 aromatic carbocycles. The quantitative estimate of drug-likeness (QED) is 0.763. The molecule has 1 saturated heterocycles. The van der Waals surface area contributed by atoms with E-state index in [1.807, 2.05) is 0 Å². The molecule has 4 saturated carbocycles. The van der Waals surface area contributed by atoms with Crippen molar-refractivity contribution in [3.05, 3.63) is 0 Å². The zero-order valence-electron chi connectivity index (χ0n) is 14.0. The lowest BCUT2D eigenvalue weighted by molar-refractivity contribution is -0.147. The number of amides is 1. The Morgan fingerprint density at radius 2 is 1.92 bits per heavy atom. The molecule has 5 nitrogen and oxygen atoms in total. The molecule has 0 radical (unpaired) electrons. The van der Waals surface area contributed by atoms with Crippen molar-refractivity contribution in [1.82, 2.24) is 10.2 Å². The summed E-state index contributed by atoms with van der Waals surface area (Å²) in [6.45, 7) is 0.214. The lowest BCUT2D eigenvalue weighted by Crippen LogP contribution is -2.65. The van der Waals surface area contributed by atoms with Crippen LogP contribution in [0.1, 0.15) is 51.4 Å². The highest BCUT2D eigenvalue weighted by Crippen LogP contribution is 2.57. The van der Waals surface area contributed by atoms with Gasteiger partial charge in [0.05, 0.1) is 24.3 Å². The van der Waals surface area contributed by atoms with E-state index in [1.165, 1.54) is 6.42 Å². The van der Waals surface area contributed by atoms with Crippen molar-refractivity contribution in [3.63, 3.8) is 0 Å². The summed E-state index contributed by atoms with van der Waals surface area (Å²) in [5, 5.41) is 23.6. The molecule has 5 rings (SSSR count). The minimum Gasteiger partial charge on any atom is -0.390 e. The monoisotopic (exact) mass is 327 g/mol. The highest BCUT2D eigenvalue weighted by molar-refractivity contribution is 5.80. The van der Waals surface area contributed by atoms with Gasteiger partial charge >= 0.3 is 0 Å². The first-order valence-electron chi connectivity index (χ1n) is 9.10. The van der Waals surface area contributed by atoms with Gasteiger partial charge in [-0.2, -0.15) is 5.26 Å². The Hall–Kier alpha value is -1.56. The fourth-order valence-electron chi connectivity index (χ4n) is 6.22. The molecule has 24 heavy (non-hydrogen) atoms. The van der Waals surface area contributed by atoms with Gasteiger partial charge in [0.1, 0.15) is 6.04 Å². The zero-order chi connectivity index (χ0) is 16.9. The third-order valence-electron chi connectivity index (χ3n) is 6.66. The summed E-state index contributed by atoms with van der Waals surface area (Å²) in [6.07, 6.45) is 12.8. The number of nitrogens with one attached hydrogen (secondary N) is 1. The predicted octanol–water partition coefficient (Wildman–Crippen LogP) is 1.18. The maximum absolute atomic E-state index is 12.7. The van der Waals surface area contributed by atoms with Crippen molar-refractivity contribution in [3.8, 4) is 18.4 Å². The Morgan fingerprint density at radius 1 is 1.25 bits per heavy atom. The first kappa shape index (κ1) is 15.9. The van der Waals surface area contributed by atoms with Gasteiger partial charge in [-0.1, -0.05) is 5.92 Å². The Bertz CT molecular complexity index is 596. The molecule has 5 fully saturated rings. The number of likely N-dealkylation sites (tertiary alicyclic amines) is 1. The molecule has 0 aromatic heterocycles. The summed E-state index contributed by atoms with van der Waals surface area (Å²) in [5.74, 6) is 3.73. The van der Waals surface area contributed by atoms with Gasteiger partial charge in [-0.05, 0) is 63.2 Å². The molecule has 5 heteroatoms. The van der Waals surface area contributed by atoms with Gasteiger partial charge in [-0.15, -0.1) is 6.42 Å². The second kappa shape index (κ2) is 5.48. The summed E-state index contributed by atoms with van der Waals surface area (Å²) in [7, 11) is 0. The van der Waals surface area contributed by atoms with E-state index in [9.17, 15) is 15.2 Å². The van der Waals surface area contributed by atoms with E-state index in [0.717, 1.165) is 32.1 Å². The first-order chi connectivity index (χ1) is 11.5. The number of aliphatic hydroxyl groups is 1. The molecule has 2 N–H and O–H groups in total. The Balaban J connectivity index is 1.44. The van der Waals surface area contributed by atoms with Crippen LogP contribution < -0.4 is 5.32 Å². The van der Waals surface area contributed by atoms with Gasteiger partial charge in [-0.3, -0.25) is 4.79 Å². The maximum Gasteiger partial charge on any atom is 0.238 e. The Kier molecular flexibility index (Phi) is 3.64. The zero-order valence-corrected chi connectivity index (χ0v) is 14.0. The van der Waals surface area contributed by atoms with E-state index in [4.69, 9.17) is 6.42 Å². The molecule has 1 heterocycles. The lowest BCUT2D eigenvalue weighted by Gasteiger charge is -2.60. The van der Waals surface area contributed by atoms with Crippen molar-refractivity contribution < 1.29 is 9.90 Å². The summed E-state index contributed by atoms with van der Waals surface area (Å²) in [4.78, 5) is 14.3. The van der Waals surface area contributed by atoms with Crippen molar-refractivity contribution in [2.75, 3.05) is 6.54 Å². The largest absolute Gasteiger partial charge is 0.390 e. The molecule has 5 aliphatic rings. The van der Waals surface area contributed by atoms with Crippen LogP contribution >= 0.6 is 0 Å². The molecule has 0 spiro atoms. The lowest BCUT2D eigenvalue weighted by atomic mass is 9.51. The fraction of sp³-hybridized carbons (Fsp3) is 0.789. The van der Waals surface area contributed by atoms with Crippen LogP contribution in [0.2, 0.25) is 0 Å². The van der Waals surface area contributed by atoms with Crippen LogP contribution in [0, 0.1) is 35.5 Å². The predicted molar refractivity (Wildman–Crippen MR) is 88.5 cm³/mol. The van der Waals surface area contributed by atoms with Crippen LogP contribution in [-0.4, -0.2) is 45.7 Å². The molecule has 1 amide bonds. The molecule has 1 aliphatic heterocycles. The second-order valence-corrected chi connectivity index (χ2v) is 8.52. The third-order valence-corrected chi connectivity index (χ3v) is 6.66. The first-order valence-corrected chi connectivity index (χ1v) is 9.10. The van der Waals surface area contributed by atoms with Crippen LogP contribution in [-0.2, 0) is 4.79 Å². The van der Waals surface area contributed by atoms with Crippen molar-refractivity contribution >= 4 is 5.91 Å². The summed E-state index contributed by atoms with van der Waals surface area (Å²) >= 11 is 0. The van der Waals surface area contributed by atoms with Crippen LogP contribution in [0.4, 0.5) is 0 Å². The smallest absolute Gasteiger partial charge is 0.238 e. The Labute approximate surface area is 143 Å². The standard InChI is InChI=1S/C19H25N3O2/c1-2-15-3-4-16(10-20)22(15)17(23)11-21-18-6-13-5-14(7-18)9-19(24,8-13)12-18/h1,13-16,21,24H,3-9,11-12H2/t13-,14+,15-,16-,18?,19?/m0/s1. The van der Waals surface area contributed by atoms with Gasteiger partial charge in [0.2, 0.25) is 5.91 Å². The number of nitrogens with zero attached hydrogens (tertiary/aromatic N) is 2. The van der Waals surface area contributed by atoms with Gasteiger partial charge in [0, 0.05) is 5.54 Å². The third kappa shape index (κ3) is 2.51. The van der Waals surface area contributed by atoms with Crippen molar-refractivity contribution in [2.24, 2.45) is 11.8 Å². The van der Waals surface area contributed by atoms with E-state index in [0.29, 0.717) is 24.7 Å². The van der Waals surface area contributed by atoms with E-state index < -0.39 is 11.6 Å². The van der Waals surface area contributed by atoms with Crippen LogP contribution in [0.3, 0.4) is 0 Å². The summed E-state index contributed by atoms with van der Waals surface area (Å²) < 4.78 is 0. The second-order valence-electron chi connectivity index (χ2n) is 8.52. The van der Waals surface area contributed by atoms with E-state index in [-0.39, 0.29) is 24.0 Å². The van der Waals surface area contributed by atoms with E-state index in [1.54, 1.807) is 4.90 Å². The summed E-state index contributed by atoms with van der Waals surface area (Å²) in [6, 6.07) is 1.54. The number of nitriles is 1. The molecule has 4 bridgehead atoms. The number of terminal acetylenes is 1. The van der Waals surface area contributed by atoms with E-state index >= 15 is 0 Å². The average Bonchev–Trinajstić information content (AvgIpc) is 2.93. The molecular weight excluding hydrogens is 302 g/mol. The van der Waals surface area contributed by atoms with Gasteiger partial charge < -0.3 is 15.3 Å². The molecule has 6 atom stereocenters. The normalized spacial score (nSPS) is 45.9. The van der Waals surface area contributed by atoms with Crippen molar-refractivity contribution in [1.29, 1.82) is 5.26 Å². The highest BCUT2D eigenvalue weighted by atomic mass is 16.3. The SMILES string of the molecule is C#C[C@H]1CC[C@@H](C#N)N1C(=O)CNC12C[C@@H]3C[C@@H](CC(O)(C3)C1)C2. The van der Waals surface area contributed by atoms with Gasteiger partial charge in [-0.25, -0.2) is 0 Å². The van der Waals surface area contributed by atoms with Gasteiger partial charge in [0.15, 0.2) is 0 Å². The number of rotatable bonds is 3. The summed E-state index contributed by atoms with van der Waals surface area (Å²) in [5.41, 5.74) is -0.647. The van der Waals surface area contributed by atoms with Crippen molar-refractivity contribution in [2.45, 2.75) is 74.6 Å². The number of hydrogen-bond donors (Lipinski definition) is 2. The molecule has 4 aliphatic carbocycles. The maximum atomic E-state index is 12.7. The average molecular weight is 327 g/mol. The molecule has 0 aromatic rings. The van der Waals surface area contributed by atoms with Crippen LogP contribution in [0.15, 0.2) is 0 Å². The topological polar surface area (TPSA) is 76.4 Å². The molecule has 2 unspecified atom stereocenters. The fourth-order valence-corrected chi connectivity index (χ4v) is 6.22.